The molecule has 6 nitrogen and oxygen atoms in total. The highest BCUT2D eigenvalue weighted by Crippen LogP contribution is 2.16. The lowest BCUT2D eigenvalue weighted by molar-refractivity contribution is -0.137. The van der Waals surface area contributed by atoms with Crippen molar-refractivity contribution < 1.29 is 14.7 Å². The predicted molar refractivity (Wildman–Crippen MR) is 69.3 cm³/mol. The average Bonchev–Trinajstić information content (AvgIpc) is 2.29. The molecule has 6 heteroatoms. The van der Waals surface area contributed by atoms with Crippen molar-refractivity contribution in [2.75, 3.05) is 11.1 Å². The molecule has 1 aromatic carbocycles. The van der Waals surface area contributed by atoms with Gasteiger partial charge in [-0.15, -0.1) is 0 Å². The third kappa shape index (κ3) is 4.73. The minimum atomic E-state index is -0.878. The van der Waals surface area contributed by atoms with E-state index in [1.54, 1.807) is 31.2 Å². The Hall–Kier alpha value is -2.24. The van der Waals surface area contributed by atoms with Crippen molar-refractivity contribution >= 4 is 23.4 Å². The summed E-state index contributed by atoms with van der Waals surface area (Å²) in [6.45, 7) is 1.75. The Labute approximate surface area is 105 Å². The lowest BCUT2D eigenvalue weighted by atomic mass is 10.2. The zero-order valence-electron chi connectivity index (χ0n) is 10.1. The first kappa shape index (κ1) is 13.8. The van der Waals surface area contributed by atoms with Crippen LogP contribution >= 0.6 is 0 Å². The van der Waals surface area contributed by atoms with Crippen LogP contribution in [0.4, 0.5) is 16.2 Å². The molecule has 1 unspecified atom stereocenters. The van der Waals surface area contributed by atoms with Crippen LogP contribution in [-0.2, 0) is 4.79 Å². The Morgan fingerprint density at radius 2 is 2.06 bits per heavy atom. The van der Waals surface area contributed by atoms with Crippen molar-refractivity contribution in [3.63, 3.8) is 0 Å². The maximum Gasteiger partial charge on any atom is 0.319 e. The van der Waals surface area contributed by atoms with E-state index >= 15 is 0 Å². The van der Waals surface area contributed by atoms with Gasteiger partial charge in [0.1, 0.15) is 0 Å². The molecule has 0 aliphatic heterocycles. The molecule has 0 saturated carbocycles. The first-order valence-corrected chi connectivity index (χ1v) is 5.63. The number of hydrogen-bond acceptors (Lipinski definition) is 3. The average molecular weight is 251 g/mol. The van der Waals surface area contributed by atoms with Crippen molar-refractivity contribution in [1.82, 2.24) is 5.32 Å². The van der Waals surface area contributed by atoms with Gasteiger partial charge in [-0.05, 0) is 25.5 Å². The molecule has 0 bridgehead atoms. The topological polar surface area (TPSA) is 104 Å². The van der Waals surface area contributed by atoms with Crippen molar-refractivity contribution in [2.45, 2.75) is 25.8 Å². The van der Waals surface area contributed by atoms with Gasteiger partial charge in [-0.2, -0.15) is 0 Å². The summed E-state index contributed by atoms with van der Waals surface area (Å²) in [5.74, 6) is -0.878. The lowest BCUT2D eigenvalue weighted by Gasteiger charge is -2.14. The fourth-order valence-corrected chi connectivity index (χ4v) is 1.41. The molecule has 0 aliphatic carbocycles. The molecular formula is C12H17N3O3. The van der Waals surface area contributed by atoms with E-state index in [1.165, 1.54) is 0 Å². The number of carboxylic acid groups (broad SMARTS) is 1. The standard InChI is InChI=1S/C12H17N3O3/c1-8(6-7-11(16)17)14-12(18)15-10-5-3-2-4-9(10)13/h2-5,8H,6-7,13H2,1H3,(H,16,17)(H2,14,15,18). The van der Waals surface area contributed by atoms with E-state index in [-0.39, 0.29) is 12.5 Å². The molecule has 0 saturated heterocycles. The van der Waals surface area contributed by atoms with Gasteiger partial charge in [0.2, 0.25) is 0 Å². The molecule has 0 fully saturated rings. The van der Waals surface area contributed by atoms with Gasteiger partial charge in [0, 0.05) is 12.5 Å². The minimum Gasteiger partial charge on any atom is -0.481 e. The van der Waals surface area contributed by atoms with E-state index in [2.05, 4.69) is 10.6 Å². The van der Waals surface area contributed by atoms with Crippen LogP contribution in [0.5, 0.6) is 0 Å². The second kappa shape index (κ2) is 6.48. The smallest absolute Gasteiger partial charge is 0.319 e. The summed E-state index contributed by atoms with van der Waals surface area (Å²) < 4.78 is 0. The highest BCUT2D eigenvalue weighted by atomic mass is 16.4. The third-order valence-corrected chi connectivity index (χ3v) is 2.38. The SMILES string of the molecule is CC(CCC(=O)O)NC(=O)Nc1ccccc1N. The number of carboxylic acids is 1. The van der Waals surface area contributed by atoms with Crippen LogP contribution in [-0.4, -0.2) is 23.1 Å². The summed E-state index contributed by atoms with van der Waals surface area (Å²) in [5.41, 5.74) is 6.68. The molecule has 0 aliphatic rings. The van der Waals surface area contributed by atoms with Crippen LogP contribution in [0.25, 0.3) is 0 Å². The maximum absolute atomic E-state index is 11.6. The second-order valence-corrected chi connectivity index (χ2v) is 4.02. The number of rotatable bonds is 5. The quantitative estimate of drug-likeness (QED) is 0.597. The molecule has 0 aromatic heterocycles. The lowest BCUT2D eigenvalue weighted by Crippen LogP contribution is -2.36. The molecule has 2 amide bonds. The zero-order chi connectivity index (χ0) is 13.5. The summed E-state index contributed by atoms with van der Waals surface area (Å²) in [7, 11) is 0. The summed E-state index contributed by atoms with van der Waals surface area (Å²) in [5, 5.41) is 13.8. The molecule has 0 radical (unpaired) electrons. The maximum atomic E-state index is 11.6. The van der Waals surface area contributed by atoms with E-state index in [9.17, 15) is 9.59 Å². The van der Waals surface area contributed by atoms with E-state index in [0.29, 0.717) is 17.8 Å². The summed E-state index contributed by atoms with van der Waals surface area (Å²) >= 11 is 0. The van der Waals surface area contributed by atoms with Gasteiger partial charge in [-0.3, -0.25) is 4.79 Å². The van der Waals surface area contributed by atoms with Gasteiger partial charge in [-0.25, -0.2) is 4.79 Å². The Bertz CT molecular complexity index is 434. The largest absolute Gasteiger partial charge is 0.481 e. The normalized spacial score (nSPS) is 11.6. The second-order valence-electron chi connectivity index (χ2n) is 4.02. The monoisotopic (exact) mass is 251 g/mol. The van der Waals surface area contributed by atoms with Gasteiger partial charge < -0.3 is 21.5 Å². The number of amides is 2. The van der Waals surface area contributed by atoms with Crippen LogP contribution in [0, 0.1) is 0 Å². The predicted octanol–water partition coefficient (Wildman–Crippen LogP) is 1.64. The molecule has 1 atom stereocenters. The summed E-state index contributed by atoms with van der Waals surface area (Å²) in [6, 6.07) is 6.30. The van der Waals surface area contributed by atoms with E-state index in [0.717, 1.165) is 0 Å². The number of urea groups is 1. The van der Waals surface area contributed by atoms with Gasteiger partial charge in [-0.1, -0.05) is 12.1 Å². The third-order valence-electron chi connectivity index (χ3n) is 2.38. The molecule has 0 spiro atoms. The first-order chi connectivity index (χ1) is 8.49. The molecule has 5 N–H and O–H groups in total. The van der Waals surface area contributed by atoms with Gasteiger partial charge in [0.15, 0.2) is 0 Å². The van der Waals surface area contributed by atoms with Crippen LogP contribution in [0.2, 0.25) is 0 Å². The number of aliphatic carboxylic acids is 1. The highest BCUT2D eigenvalue weighted by molar-refractivity contribution is 5.92. The summed E-state index contributed by atoms with van der Waals surface area (Å²) in [4.78, 5) is 22.0. The number of para-hydroxylation sites is 2. The summed E-state index contributed by atoms with van der Waals surface area (Å²) in [6.07, 6.45) is 0.405. The number of carbonyl (C=O) groups excluding carboxylic acids is 1. The van der Waals surface area contributed by atoms with E-state index in [4.69, 9.17) is 10.8 Å². The first-order valence-electron chi connectivity index (χ1n) is 5.63. The van der Waals surface area contributed by atoms with Crippen molar-refractivity contribution in [3.05, 3.63) is 24.3 Å². The molecular weight excluding hydrogens is 234 g/mol. The Morgan fingerprint density at radius 1 is 1.39 bits per heavy atom. The Kier molecular flexibility index (Phi) is 4.98. The van der Waals surface area contributed by atoms with Crippen LogP contribution in [0.15, 0.2) is 24.3 Å². The number of nitrogen functional groups attached to an aromatic ring is 1. The van der Waals surface area contributed by atoms with Crippen LogP contribution < -0.4 is 16.4 Å². The fraction of sp³-hybridized carbons (Fsp3) is 0.333. The van der Waals surface area contributed by atoms with Crippen molar-refractivity contribution in [1.29, 1.82) is 0 Å². The number of anilines is 2. The minimum absolute atomic E-state index is 0.0227. The molecule has 1 rings (SSSR count). The van der Waals surface area contributed by atoms with Gasteiger partial charge >= 0.3 is 12.0 Å². The van der Waals surface area contributed by atoms with Crippen LogP contribution in [0.3, 0.4) is 0 Å². The zero-order valence-corrected chi connectivity index (χ0v) is 10.1. The number of benzene rings is 1. The van der Waals surface area contributed by atoms with Gasteiger partial charge in [0.05, 0.1) is 11.4 Å². The van der Waals surface area contributed by atoms with Crippen molar-refractivity contribution in [2.24, 2.45) is 0 Å². The van der Waals surface area contributed by atoms with Crippen molar-refractivity contribution in [3.8, 4) is 0 Å². The molecule has 98 valence electrons. The molecule has 0 heterocycles. The number of nitrogens with two attached hydrogens (primary N) is 1. The van der Waals surface area contributed by atoms with Crippen LogP contribution in [0.1, 0.15) is 19.8 Å². The highest BCUT2D eigenvalue weighted by Gasteiger charge is 2.09. The molecule has 18 heavy (non-hydrogen) atoms. The number of hydrogen-bond donors (Lipinski definition) is 4. The fourth-order valence-electron chi connectivity index (χ4n) is 1.41. The number of nitrogens with one attached hydrogen (secondary N) is 2. The Balaban J connectivity index is 2.42. The van der Waals surface area contributed by atoms with E-state index < -0.39 is 12.0 Å². The van der Waals surface area contributed by atoms with Gasteiger partial charge in [0.25, 0.3) is 0 Å². The van der Waals surface area contributed by atoms with E-state index in [1.807, 2.05) is 0 Å². The number of carbonyl (C=O) groups is 2. The Morgan fingerprint density at radius 3 is 2.67 bits per heavy atom. The molecule has 1 aromatic rings.